The van der Waals surface area contributed by atoms with E-state index in [1.54, 1.807) is 0 Å². The molecule has 8 bridgehead atoms. The Morgan fingerprint density at radius 1 is 0.780 bits per heavy atom. The van der Waals surface area contributed by atoms with Gasteiger partial charge in [-0.1, -0.05) is 94.0 Å². The monoisotopic (exact) mass is 841 g/mol. The highest BCUT2D eigenvalue weighted by molar-refractivity contribution is 6.74. The number of ether oxygens (including phenoxy) is 5. The molecule has 0 aliphatic carbocycles. The van der Waals surface area contributed by atoms with Gasteiger partial charge in [0.05, 0.1) is 73.2 Å². The van der Waals surface area contributed by atoms with E-state index >= 15 is 0 Å². The molecule has 8 aliphatic rings. The summed E-state index contributed by atoms with van der Waals surface area (Å²) in [6.07, 6.45) is 13.2. The van der Waals surface area contributed by atoms with Crippen molar-refractivity contribution in [2.24, 2.45) is 35.5 Å². The molecule has 0 aromatic carbocycles. The average Bonchev–Trinajstić information content (AvgIpc) is 3.67. The number of carbonyl (C=O) groups excluding carboxylic acids is 1. The minimum Gasteiger partial charge on any atom is -0.408 e. The average molecular weight is 841 g/mol. The van der Waals surface area contributed by atoms with E-state index in [2.05, 4.69) is 94.6 Å². The first-order chi connectivity index (χ1) is 27.7. The van der Waals surface area contributed by atoms with Crippen molar-refractivity contribution in [1.29, 1.82) is 0 Å². The Morgan fingerprint density at radius 3 is 2.15 bits per heavy atom. The van der Waals surface area contributed by atoms with Crippen molar-refractivity contribution in [2.75, 3.05) is 0 Å². The Labute approximate surface area is 360 Å². The van der Waals surface area contributed by atoms with Crippen LogP contribution in [-0.4, -0.2) is 92.5 Å². The molecule has 5 saturated heterocycles. The Balaban J connectivity index is 1.25. The molecule has 0 spiro atoms. The number of aliphatic hydroxyl groups excluding tert-OH is 1. The van der Waals surface area contributed by atoms with Gasteiger partial charge in [-0.3, -0.25) is 4.79 Å². The Hall–Kier alpha value is -1.17. The molecular formula is C50H84O8Si. The van der Waals surface area contributed by atoms with Crippen LogP contribution in [0.1, 0.15) is 146 Å². The van der Waals surface area contributed by atoms with Gasteiger partial charge in [-0.25, -0.2) is 0 Å². The zero-order valence-electron chi connectivity index (χ0n) is 39.0. The normalized spacial score (nSPS) is 44.4. The van der Waals surface area contributed by atoms with Crippen LogP contribution in [0.2, 0.25) is 18.1 Å². The maximum absolute atomic E-state index is 14.2. The van der Waals surface area contributed by atoms with Gasteiger partial charge in [0.2, 0.25) is 0 Å². The van der Waals surface area contributed by atoms with E-state index in [4.69, 9.17) is 28.1 Å². The van der Waals surface area contributed by atoms with Crippen LogP contribution in [0.4, 0.5) is 0 Å². The van der Waals surface area contributed by atoms with E-state index in [9.17, 15) is 9.90 Å². The highest BCUT2D eigenvalue weighted by Crippen LogP contribution is 2.46. The summed E-state index contributed by atoms with van der Waals surface area (Å²) in [7, 11) is -2.20. The van der Waals surface area contributed by atoms with Gasteiger partial charge in [-0.2, -0.15) is 0 Å². The molecule has 1 N–H and O–H groups in total. The predicted octanol–water partition coefficient (Wildman–Crippen LogP) is 10.7. The van der Waals surface area contributed by atoms with Crippen LogP contribution in [0, 0.1) is 35.5 Å². The van der Waals surface area contributed by atoms with Crippen LogP contribution in [0.3, 0.4) is 0 Å². The highest BCUT2D eigenvalue weighted by Gasteiger charge is 2.50. The zero-order chi connectivity index (χ0) is 43.0. The maximum atomic E-state index is 14.2. The van der Waals surface area contributed by atoms with E-state index in [0.29, 0.717) is 31.1 Å². The first kappa shape index (κ1) is 47.3. The van der Waals surface area contributed by atoms with Gasteiger partial charge in [-0.05, 0) is 123 Å². The SMILES string of the molecule is C=C1C2C[C@@H]3O[C@H](C[C@H](C)CC)[C@H](C)[C@H]3CC(=O)CC3CC[C@@H]4O[C@H]([C@@H](C)[C@@H](C)[C@H]4O3)[C@@H](O[Si](C)(C)C(C)(C)C)/C=C/C(O)CC[C@H]3CC(=C)[C@H](CCC(C[C@H]1C)O2)O3. The number of fused-ring (bicyclic) bond motifs is 2. The standard InChI is InChI=1S/C50H84O8Si/c1-14-29(2)23-45-35(8)41-27-37(52)26-40-19-22-43-48(55-40)33(6)34(7)49(57-43)44(58-59(12,13)50(9,10)11)20-16-36(51)15-17-38-25-31(4)42(53-38)21-18-39-24-30(3)32(5)46(54-39)28-47(41)56-45/h16,20,29-30,33-36,38-49,51H,4-5,14-15,17-19,21-28H2,1-3,6-13H3/b20-16+/t29-,30-,33-,34+,35-,36?,38+,39?,40?,41-,42+,43+,44+,45-,46?,47+,48-,49-/m1/s1. The molecule has 0 aromatic heterocycles. The van der Waals surface area contributed by atoms with E-state index < -0.39 is 14.4 Å². The molecule has 0 aromatic rings. The van der Waals surface area contributed by atoms with Crippen molar-refractivity contribution in [3.05, 3.63) is 36.5 Å². The molecule has 336 valence electrons. The van der Waals surface area contributed by atoms with Gasteiger partial charge < -0.3 is 33.2 Å². The van der Waals surface area contributed by atoms with Crippen molar-refractivity contribution in [2.45, 2.75) is 237 Å². The topological polar surface area (TPSA) is 92.7 Å². The number of Topliss-reactive ketones (excluding diaryl/α,β-unsaturated/α-hetero) is 1. The number of hydrogen-bond donors (Lipinski definition) is 1. The van der Waals surface area contributed by atoms with Crippen LogP contribution in [-0.2, 0) is 32.9 Å². The third kappa shape index (κ3) is 11.3. The third-order valence-electron chi connectivity index (χ3n) is 16.4. The highest BCUT2D eigenvalue weighted by atomic mass is 28.4. The molecule has 9 heteroatoms. The Morgan fingerprint density at radius 2 is 1.44 bits per heavy atom. The molecule has 5 fully saturated rings. The van der Waals surface area contributed by atoms with Crippen molar-refractivity contribution >= 4 is 14.1 Å². The second-order valence-electron chi connectivity index (χ2n) is 21.8. The Kier molecular flexibility index (Phi) is 15.8. The van der Waals surface area contributed by atoms with Gasteiger partial charge in [0.25, 0.3) is 0 Å². The van der Waals surface area contributed by atoms with E-state index in [1.165, 1.54) is 0 Å². The molecule has 0 radical (unpaired) electrons. The summed E-state index contributed by atoms with van der Waals surface area (Å²) in [5.74, 6) is 1.96. The van der Waals surface area contributed by atoms with Crippen LogP contribution in [0.25, 0.3) is 0 Å². The molecule has 8 heterocycles. The molecule has 8 nitrogen and oxygen atoms in total. The largest absolute Gasteiger partial charge is 0.408 e. The molecule has 59 heavy (non-hydrogen) atoms. The quantitative estimate of drug-likeness (QED) is 0.216. The number of hydrogen-bond acceptors (Lipinski definition) is 8. The molecular weight excluding hydrogens is 757 g/mol. The second kappa shape index (κ2) is 19.7. The summed E-state index contributed by atoms with van der Waals surface area (Å²) in [4.78, 5) is 14.2. The summed E-state index contributed by atoms with van der Waals surface area (Å²) in [6.45, 7) is 34.1. The summed E-state index contributed by atoms with van der Waals surface area (Å²) >= 11 is 0. The first-order valence-electron chi connectivity index (χ1n) is 23.9. The number of aliphatic hydroxyl groups is 1. The molecule has 0 saturated carbocycles. The van der Waals surface area contributed by atoms with Gasteiger partial charge in [0.1, 0.15) is 5.78 Å². The van der Waals surface area contributed by atoms with Crippen molar-refractivity contribution < 1.29 is 38.0 Å². The predicted molar refractivity (Wildman–Crippen MR) is 239 cm³/mol. The van der Waals surface area contributed by atoms with Crippen LogP contribution in [0.15, 0.2) is 36.5 Å². The summed E-state index contributed by atoms with van der Waals surface area (Å²) in [5, 5.41) is 11.4. The number of carbonyl (C=O) groups is 1. The van der Waals surface area contributed by atoms with Crippen LogP contribution < -0.4 is 0 Å². The fraction of sp³-hybridized carbons (Fsp3) is 0.860. The minimum atomic E-state index is -2.20. The lowest BCUT2D eigenvalue weighted by Gasteiger charge is -2.51. The Bertz CT molecular complexity index is 1470. The van der Waals surface area contributed by atoms with Gasteiger partial charge in [0, 0.05) is 19.3 Å². The van der Waals surface area contributed by atoms with Gasteiger partial charge >= 0.3 is 0 Å². The lowest BCUT2D eigenvalue weighted by molar-refractivity contribution is -0.237. The van der Waals surface area contributed by atoms with Crippen molar-refractivity contribution in [3.8, 4) is 0 Å². The molecule has 18 atom stereocenters. The molecule has 8 aliphatic heterocycles. The lowest BCUT2D eigenvalue weighted by atomic mass is 9.76. The molecule has 4 unspecified atom stereocenters. The van der Waals surface area contributed by atoms with Crippen molar-refractivity contribution in [1.82, 2.24) is 0 Å². The second-order valence-corrected chi connectivity index (χ2v) is 26.6. The number of rotatable bonds is 5. The fourth-order valence-electron chi connectivity index (χ4n) is 10.8. The van der Waals surface area contributed by atoms with Crippen LogP contribution >= 0.6 is 0 Å². The van der Waals surface area contributed by atoms with Gasteiger partial charge in [-0.15, -0.1) is 0 Å². The summed E-state index contributed by atoms with van der Waals surface area (Å²) < 4.78 is 41.5. The minimum absolute atomic E-state index is 0.00174. The summed E-state index contributed by atoms with van der Waals surface area (Å²) in [5.41, 5.74) is 2.30. The molecule has 8 rings (SSSR count). The smallest absolute Gasteiger partial charge is 0.193 e. The van der Waals surface area contributed by atoms with E-state index in [0.717, 1.165) is 75.4 Å². The maximum Gasteiger partial charge on any atom is 0.193 e. The van der Waals surface area contributed by atoms with Crippen LogP contribution in [0.5, 0.6) is 0 Å². The third-order valence-corrected chi connectivity index (χ3v) is 20.9. The first-order valence-corrected chi connectivity index (χ1v) is 26.8. The molecule has 0 amide bonds. The fourth-order valence-corrected chi connectivity index (χ4v) is 12.1. The van der Waals surface area contributed by atoms with E-state index in [1.807, 2.05) is 6.08 Å². The number of ketones is 1. The lowest BCUT2D eigenvalue weighted by Crippen LogP contribution is -2.58. The zero-order valence-corrected chi connectivity index (χ0v) is 40.0. The summed E-state index contributed by atoms with van der Waals surface area (Å²) in [6, 6.07) is 0. The van der Waals surface area contributed by atoms with Crippen molar-refractivity contribution in [3.63, 3.8) is 0 Å². The van der Waals surface area contributed by atoms with E-state index in [-0.39, 0.29) is 102 Å². The van der Waals surface area contributed by atoms with Gasteiger partial charge in [0.15, 0.2) is 8.32 Å².